The molecule has 0 saturated heterocycles. The van der Waals surface area contributed by atoms with Gasteiger partial charge >= 0.3 is 11.9 Å². The van der Waals surface area contributed by atoms with E-state index in [1.165, 1.54) is 18.4 Å². The summed E-state index contributed by atoms with van der Waals surface area (Å²) in [4.78, 5) is 11.1. The smallest absolute Gasteiger partial charge is 0.379 e. The summed E-state index contributed by atoms with van der Waals surface area (Å²) >= 11 is 6.64. The van der Waals surface area contributed by atoms with Crippen molar-refractivity contribution in [3.8, 4) is 0 Å². The molecule has 0 saturated carbocycles. The van der Waals surface area contributed by atoms with Crippen LogP contribution in [0.3, 0.4) is 0 Å². The van der Waals surface area contributed by atoms with Gasteiger partial charge in [0, 0.05) is 4.88 Å². The van der Waals surface area contributed by atoms with Crippen molar-refractivity contribution in [1.29, 1.82) is 0 Å². The summed E-state index contributed by atoms with van der Waals surface area (Å²) in [6.45, 7) is 1.32. The lowest BCUT2D eigenvalue weighted by Gasteiger charge is -2.20. The Bertz CT molecular complexity index is 383. The molecule has 0 aliphatic carbocycles. The molecule has 1 rings (SSSR count). The highest BCUT2D eigenvalue weighted by Gasteiger charge is 2.48. The monoisotopic (exact) mass is 269 g/mol. The SMILES string of the molecule is CCOC(=O)C(F)(F)[C@H](N)c1sccc1Cl. The Kier molecular flexibility index (Phi) is 4.23. The van der Waals surface area contributed by atoms with Gasteiger partial charge in [0.1, 0.15) is 6.04 Å². The lowest BCUT2D eigenvalue weighted by atomic mass is 10.1. The third-order valence-electron chi connectivity index (χ3n) is 1.87. The average molecular weight is 270 g/mol. The van der Waals surface area contributed by atoms with Crippen molar-refractivity contribution >= 4 is 28.9 Å². The summed E-state index contributed by atoms with van der Waals surface area (Å²) in [7, 11) is 0. The van der Waals surface area contributed by atoms with Gasteiger partial charge in [-0.25, -0.2) is 4.79 Å². The molecule has 0 amide bonds. The van der Waals surface area contributed by atoms with E-state index in [9.17, 15) is 13.6 Å². The Morgan fingerprint density at radius 3 is 2.81 bits per heavy atom. The van der Waals surface area contributed by atoms with Crippen LogP contribution >= 0.6 is 22.9 Å². The van der Waals surface area contributed by atoms with Crippen LogP contribution in [0.25, 0.3) is 0 Å². The van der Waals surface area contributed by atoms with Crippen LogP contribution in [-0.4, -0.2) is 18.5 Å². The molecule has 0 fully saturated rings. The summed E-state index contributed by atoms with van der Waals surface area (Å²) in [5.74, 6) is -5.41. The number of thiophene rings is 1. The number of alkyl halides is 2. The van der Waals surface area contributed by atoms with E-state index in [2.05, 4.69) is 4.74 Å². The highest BCUT2D eigenvalue weighted by molar-refractivity contribution is 7.10. The normalized spacial score (nSPS) is 13.6. The van der Waals surface area contributed by atoms with Gasteiger partial charge in [0.15, 0.2) is 0 Å². The van der Waals surface area contributed by atoms with Crippen molar-refractivity contribution in [3.63, 3.8) is 0 Å². The van der Waals surface area contributed by atoms with Gasteiger partial charge in [0.05, 0.1) is 11.6 Å². The number of nitrogens with two attached hydrogens (primary N) is 1. The molecule has 90 valence electrons. The maximum atomic E-state index is 13.5. The molecule has 1 aromatic heterocycles. The maximum Gasteiger partial charge on any atom is 0.379 e. The second-order valence-corrected chi connectivity index (χ2v) is 4.31. The van der Waals surface area contributed by atoms with Crippen molar-refractivity contribution < 1.29 is 18.3 Å². The average Bonchev–Trinajstić information content (AvgIpc) is 2.63. The highest BCUT2D eigenvalue weighted by atomic mass is 35.5. The summed E-state index contributed by atoms with van der Waals surface area (Å²) in [6.07, 6.45) is 0. The minimum absolute atomic E-state index is 0.0692. The maximum absolute atomic E-state index is 13.5. The fourth-order valence-corrected chi connectivity index (χ4v) is 2.26. The van der Waals surface area contributed by atoms with Crippen LogP contribution in [0.2, 0.25) is 5.02 Å². The molecule has 0 spiro atoms. The van der Waals surface area contributed by atoms with Crippen LogP contribution in [-0.2, 0) is 9.53 Å². The van der Waals surface area contributed by atoms with Crippen molar-refractivity contribution in [1.82, 2.24) is 0 Å². The Labute approximate surface area is 100 Å². The van der Waals surface area contributed by atoms with E-state index in [1.807, 2.05) is 0 Å². The number of ether oxygens (including phenoxy) is 1. The number of esters is 1. The molecule has 0 unspecified atom stereocenters. The van der Waals surface area contributed by atoms with Gasteiger partial charge in [0.25, 0.3) is 0 Å². The molecule has 0 aliphatic rings. The van der Waals surface area contributed by atoms with Crippen LogP contribution in [0, 0.1) is 0 Å². The van der Waals surface area contributed by atoms with E-state index >= 15 is 0 Å². The second-order valence-electron chi connectivity index (χ2n) is 2.95. The quantitative estimate of drug-likeness (QED) is 0.855. The van der Waals surface area contributed by atoms with E-state index in [0.29, 0.717) is 0 Å². The van der Waals surface area contributed by atoms with Gasteiger partial charge in [-0.15, -0.1) is 11.3 Å². The Balaban J connectivity index is 2.92. The third-order valence-corrected chi connectivity index (χ3v) is 3.31. The Morgan fingerprint density at radius 1 is 1.75 bits per heavy atom. The first-order chi connectivity index (χ1) is 7.41. The second kappa shape index (κ2) is 5.07. The van der Waals surface area contributed by atoms with Gasteiger partial charge in [-0.1, -0.05) is 11.6 Å². The van der Waals surface area contributed by atoms with Crippen LogP contribution < -0.4 is 5.73 Å². The molecular formula is C9H10ClF2NO2S. The molecular weight excluding hydrogens is 260 g/mol. The molecule has 1 atom stereocenters. The van der Waals surface area contributed by atoms with Crippen molar-refractivity contribution in [2.24, 2.45) is 5.73 Å². The van der Waals surface area contributed by atoms with Gasteiger partial charge in [-0.05, 0) is 18.4 Å². The fraction of sp³-hybridized carbons (Fsp3) is 0.444. The van der Waals surface area contributed by atoms with Crippen LogP contribution in [0.5, 0.6) is 0 Å². The molecule has 0 radical (unpaired) electrons. The molecule has 0 aromatic carbocycles. The summed E-state index contributed by atoms with van der Waals surface area (Å²) < 4.78 is 31.2. The highest BCUT2D eigenvalue weighted by Crippen LogP contribution is 2.37. The summed E-state index contributed by atoms with van der Waals surface area (Å²) in [5.41, 5.74) is 5.32. The number of hydrogen-bond donors (Lipinski definition) is 1. The van der Waals surface area contributed by atoms with E-state index in [0.717, 1.165) is 11.3 Å². The first-order valence-corrected chi connectivity index (χ1v) is 5.70. The number of carbonyl (C=O) groups excluding carboxylic acids is 1. The minimum atomic E-state index is -3.77. The molecule has 0 aliphatic heterocycles. The lowest BCUT2D eigenvalue weighted by molar-refractivity contribution is -0.174. The van der Waals surface area contributed by atoms with E-state index < -0.39 is 17.9 Å². The van der Waals surface area contributed by atoms with Gasteiger partial charge < -0.3 is 10.5 Å². The van der Waals surface area contributed by atoms with Gasteiger partial charge in [-0.2, -0.15) is 8.78 Å². The van der Waals surface area contributed by atoms with Crippen molar-refractivity contribution in [2.75, 3.05) is 6.61 Å². The Hall–Kier alpha value is -0.720. The molecule has 16 heavy (non-hydrogen) atoms. The molecule has 1 heterocycles. The summed E-state index contributed by atoms with van der Waals surface area (Å²) in [6, 6.07) is -0.332. The minimum Gasteiger partial charge on any atom is -0.462 e. The molecule has 0 bridgehead atoms. The first kappa shape index (κ1) is 13.3. The summed E-state index contributed by atoms with van der Waals surface area (Å²) in [5, 5.41) is 1.65. The third kappa shape index (κ3) is 2.50. The molecule has 1 aromatic rings. The van der Waals surface area contributed by atoms with E-state index in [4.69, 9.17) is 17.3 Å². The van der Waals surface area contributed by atoms with Crippen LogP contribution in [0.1, 0.15) is 17.8 Å². The zero-order valence-corrected chi connectivity index (χ0v) is 9.95. The van der Waals surface area contributed by atoms with Crippen molar-refractivity contribution in [3.05, 3.63) is 21.3 Å². The van der Waals surface area contributed by atoms with Gasteiger partial charge in [0.2, 0.25) is 0 Å². The number of hydrogen-bond acceptors (Lipinski definition) is 4. The molecule has 7 heteroatoms. The van der Waals surface area contributed by atoms with Gasteiger partial charge in [-0.3, -0.25) is 0 Å². The fourth-order valence-electron chi connectivity index (χ4n) is 1.05. The Morgan fingerprint density at radius 2 is 2.38 bits per heavy atom. The predicted molar refractivity (Wildman–Crippen MR) is 57.8 cm³/mol. The zero-order chi connectivity index (χ0) is 12.3. The van der Waals surface area contributed by atoms with E-state index in [1.54, 1.807) is 0 Å². The lowest BCUT2D eigenvalue weighted by Crippen LogP contribution is -2.41. The predicted octanol–water partition coefficient (Wildman–Crippen LogP) is 2.60. The topological polar surface area (TPSA) is 52.3 Å². The van der Waals surface area contributed by atoms with E-state index in [-0.39, 0.29) is 16.5 Å². The zero-order valence-electron chi connectivity index (χ0n) is 8.38. The standard InChI is InChI=1S/C9H10ClF2NO2S/c1-2-15-8(14)9(11,12)7(13)6-5(10)3-4-16-6/h3-4,7H,2,13H2,1H3/t7-/m1/s1. The van der Waals surface area contributed by atoms with Crippen molar-refractivity contribution in [2.45, 2.75) is 18.9 Å². The molecule has 2 N–H and O–H groups in total. The van der Waals surface area contributed by atoms with Crippen LogP contribution in [0.4, 0.5) is 8.78 Å². The van der Waals surface area contributed by atoms with Crippen LogP contribution in [0.15, 0.2) is 11.4 Å². The number of halogens is 3. The number of carbonyl (C=O) groups is 1. The largest absolute Gasteiger partial charge is 0.462 e. The number of rotatable bonds is 4. The first-order valence-electron chi connectivity index (χ1n) is 4.44. The molecule has 3 nitrogen and oxygen atoms in total.